The highest BCUT2D eigenvalue weighted by atomic mass is 35.5. The first-order chi connectivity index (χ1) is 10.1. The molecule has 0 aliphatic carbocycles. The zero-order chi connectivity index (χ0) is 14.8. The molecule has 1 aromatic heterocycles. The highest BCUT2D eigenvalue weighted by Crippen LogP contribution is 2.23. The van der Waals surface area contributed by atoms with Crippen molar-refractivity contribution in [1.29, 1.82) is 0 Å². The van der Waals surface area contributed by atoms with Crippen LogP contribution in [0.5, 0.6) is 0 Å². The van der Waals surface area contributed by atoms with E-state index in [1.54, 1.807) is 0 Å². The maximum absolute atomic E-state index is 5.95. The second-order valence-electron chi connectivity index (χ2n) is 6.06. The minimum Gasteiger partial charge on any atom is -0.309 e. The number of hydrogen-bond donors (Lipinski definition) is 0. The van der Waals surface area contributed by atoms with Crippen molar-refractivity contribution in [2.45, 2.75) is 33.4 Å². The molecular formula is C16H21ClN4. The monoisotopic (exact) mass is 304 g/mol. The molecule has 0 saturated carbocycles. The van der Waals surface area contributed by atoms with Crippen molar-refractivity contribution < 1.29 is 0 Å². The minimum atomic E-state index is 0.745. The molecule has 21 heavy (non-hydrogen) atoms. The maximum atomic E-state index is 5.95. The van der Waals surface area contributed by atoms with Crippen LogP contribution in [0, 0.1) is 5.92 Å². The molecule has 2 heterocycles. The van der Waals surface area contributed by atoms with Gasteiger partial charge < -0.3 is 4.57 Å². The first-order valence-corrected chi connectivity index (χ1v) is 7.91. The summed E-state index contributed by atoms with van der Waals surface area (Å²) in [5, 5.41) is 9.49. The van der Waals surface area contributed by atoms with Gasteiger partial charge in [-0.3, -0.25) is 4.90 Å². The molecule has 5 heteroatoms. The number of benzene rings is 1. The maximum Gasteiger partial charge on any atom is 0.164 e. The minimum absolute atomic E-state index is 0.745. The molecule has 1 aromatic carbocycles. The largest absolute Gasteiger partial charge is 0.309 e. The Bertz CT molecular complexity index is 603. The lowest BCUT2D eigenvalue weighted by Gasteiger charge is -2.28. The Labute approximate surface area is 130 Å². The number of halogens is 1. The van der Waals surface area contributed by atoms with Crippen LogP contribution in [0.15, 0.2) is 24.3 Å². The lowest BCUT2D eigenvalue weighted by Crippen LogP contribution is -2.35. The van der Waals surface area contributed by atoms with Gasteiger partial charge in [-0.05, 0) is 43.1 Å². The second kappa shape index (κ2) is 6.16. The van der Waals surface area contributed by atoms with Crippen molar-refractivity contribution in [3.05, 3.63) is 35.1 Å². The summed E-state index contributed by atoms with van der Waals surface area (Å²) in [6.45, 7) is 8.60. The molecule has 0 radical (unpaired) electrons. The molecule has 3 rings (SSSR count). The molecule has 1 aliphatic rings. The summed E-state index contributed by atoms with van der Waals surface area (Å²) >= 11 is 5.95. The summed E-state index contributed by atoms with van der Waals surface area (Å²) in [4.78, 5) is 2.47. The van der Waals surface area contributed by atoms with Gasteiger partial charge in [0.2, 0.25) is 0 Å². The Kier molecular flexibility index (Phi) is 4.27. The van der Waals surface area contributed by atoms with E-state index in [2.05, 4.69) is 33.5 Å². The SMILES string of the molecule is CC(C)CCN1CCn2c(nnc2-c2ccc(Cl)cc2)C1. The Balaban J connectivity index is 1.76. The Morgan fingerprint density at radius 2 is 1.90 bits per heavy atom. The van der Waals surface area contributed by atoms with Gasteiger partial charge in [0.1, 0.15) is 5.82 Å². The molecule has 4 nitrogen and oxygen atoms in total. The van der Waals surface area contributed by atoms with E-state index in [1.807, 2.05) is 24.3 Å². The molecule has 0 N–H and O–H groups in total. The molecule has 2 aromatic rings. The number of hydrogen-bond acceptors (Lipinski definition) is 3. The summed E-state index contributed by atoms with van der Waals surface area (Å²) in [5.41, 5.74) is 1.08. The fourth-order valence-corrected chi connectivity index (χ4v) is 2.78. The quantitative estimate of drug-likeness (QED) is 0.867. The van der Waals surface area contributed by atoms with E-state index in [9.17, 15) is 0 Å². The van der Waals surface area contributed by atoms with Crippen LogP contribution < -0.4 is 0 Å². The van der Waals surface area contributed by atoms with Crippen molar-refractivity contribution in [2.75, 3.05) is 13.1 Å². The van der Waals surface area contributed by atoms with Gasteiger partial charge in [-0.25, -0.2) is 0 Å². The average molecular weight is 305 g/mol. The third-order valence-electron chi connectivity index (χ3n) is 3.96. The van der Waals surface area contributed by atoms with Crippen LogP contribution in [0.3, 0.4) is 0 Å². The van der Waals surface area contributed by atoms with E-state index in [1.165, 1.54) is 6.42 Å². The van der Waals surface area contributed by atoms with Crippen LogP contribution in [0.2, 0.25) is 5.02 Å². The van der Waals surface area contributed by atoms with E-state index in [4.69, 9.17) is 11.6 Å². The van der Waals surface area contributed by atoms with Crippen LogP contribution >= 0.6 is 11.6 Å². The van der Waals surface area contributed by atoms with Gasteiger partial charge in [0, 0.05) is 23.7 Å². The molecule has 0 saturated heterocycles. The van der Waals surface area contributed by atoms with Crippen molar-refractivity contribution in [3.63, 3.8) is 0 Å². The zero-order valence-electron chi connectivity index (χ0n) is 12.6. The third-order valence-corrected chi connectivity index (χ3v) is 4.21. The van der Waals surface area contributed by atoms with Crippen LogP contribution in [0.4, 0.5) is 0 Å². The Morgan fingerprint density at radius 1 is 1.14 bits per heavy atom. The number of aromatic nitrogens is 3. The van der Waals surface area contributed by atoms with E-state index in [-0.39, 0.29) is 0 Å². The Morgan fingerprint density at radius 3 is 2.62 bits per heavy atom. The van der Waals surface area contributed by atoms with E-state index in [0.717, 1.165) is 54.3 Å². The first kappa shape index (κ1) is 14.5. The van der Waals surface area contributed by atoms with E-state index < -0.39 is 0 Å². The molecule has 0 atom stereocenters. The molecule has 0 unspecified atom stereocenters. The predicted octanol–water partition coefficient (Wildman–Crippen LogP) is 3.46. The van der Waals surface area contributed by atoms with Crippen LogP contribution in [-0.4, -0.2) is 32.8 Å². The number of nitrogens with zero attached hydrogens (tertiary/aromatic N) is 4. The normalized spacial score (nSPS) is 15.4. The van der Waals surface area contributed by atoms with Gasteiger partial charge in [-0.15, -0.1) is 10.2 Å². The van der Waals surface area contributed by atoms with Gasteiger partial charge in [-0.2, -0.15) is 0 Å². The standard InChI is InChI=1S/C16H21ClN4/c1-12(2)7-8-20-9-10-21-15(11-20)18-19-16(21)13-3-5-14(17)6-4-13/h3-6,12H,7-11H2,1-2H3. The van der Waals surface area contributed by atoms with Crippen LogP contribution in [0.25, 0.3) is 11.4 Å². The zero-order valence-corrected chi connectivity index (χ0v) is 13.3. The smallest absolute Gasteiger partial charge is 0.164 e. The number of rotatable bonds is 4. The fraction of sp³-hybridized carbons (Fsp3) is 0.500. The highest BCUT2D eigenvalue weighted by Gasteiger charge is 2.21. The summed E-state index contributed by atoms with van der Waals surface area (Å²) in [6, 6.07) is 7.81. The van der Waals surface area contributed by atoms with Crippen molar-refractivity contribution in [2.24, 2.45) is 5.92 Å². The van der Waals surface area contributed by atoms with Gasteiger partial charge in [0.05, 0.1) is 6.54 Å². The summed E-state index contributed by atoms with van der Waals surface area (Å²) in [6.07, 6.45) is 1.23. The molecule has 1 aliphatic heterocycles. The molecule has 112 valence electrons. The van der Waals surface area contributed by atoms with Gasteiger partial charge in [0.25, 0.3) is 0 Å². The molecule has 0 spiro atoms. The molecular weight excluding hydrogens is 284 g/mol. The fourth-order valence-electron chi connectivity index (χ4n) is 2.65. The van der Waals surface area contributed by atoms with Crippen molar-refractivity contribution >= 4 is 11.6 Å². The van der Waals surface area contributed by atoms with Crippen LogP contribution in [-0.2, 0) is 13.1 Å². The predicted molar refractivity (Wildman–Crippen MR) is 85.2 cm³/mol. The molecule has 0 amide bonds. The lowest BCUT2D eigenvalue weighted by molar-refractivity contribution is 0.206. The van der Waals surface area contributed by atoms with Gasteiger partial charge >= 0.3 is 0 Å². The van der Waals surface area contributed by atoms with Gasteiger partial charge in [-0.1, -0.05) is 25.4 Å². The summed E-state index contributed by atoms with van der Waals surface area (Å²) < 4.78 is 2.23. The average Bonchev–Trinajstić information content (AvgIpc) is 2.89. The number of fused-ring (bicyclic) bond motifs is 1. The topological polar surface area (TPSA) is 34.0 Å². The molecule has 0 bridgehead atoms. The van der Waals surface area contributed by atoms with Crippen LogP contribution in [0.1, 0.15) is 26.1 Å². The molecule has 0 fully saturated rings. The highest BCUT2D eigenvalue weighted by molar-refractivity contribution is 6.30. The van der Waals surface area contributed by atoms with E-state index in [0.29, 0.717) is 0 Å². The van der Waals surface area contributed by atoms with Crippen molar-refractivity contribution in [1.82, 2.24) is 19.7 Å². The summed E-state index contributed by atoms with van der Waals surface area (Å²) in [5.74, 6) is 2.76. The summed E-state index contributed by atoms with van der Waals surface area (Å²) in [7, 11) is 0. The van der Waals surface area contributed by atoms with Crippen molar-refractivity contribution in [3.8, 4) is 11.4 Å². The van der Waals surface area contributed by atoms with Gasteiger partial charge in [0.15, 0.2) is 5.82 Å². The first-order valence-electron chi connectivity index (χ1n) is 7.54. The Hall–Kier alpha value is -1.39. The van der Waals surface area contributed by atoms with E-state index >= 15 is 0 Å². The second-order valence-corrected chi connectivity index (χ2v) is 6.49. The third kappa shape index (κ3) is 3.27. The lowest BCUT2D eigenvalue weighted by atomic mass is 10.1.